The van der Waals surface area contributed by atoms with Crippen molar-refractivity contribution in [3.63, 3.8) is 0 Å². The van der Waals surface area contributed by atoms with Gasteiger partial charge in [0.1, 0.15) is 35.3 Å². The lowest BCUT2D eigenvalue weighted by molar-refractivity contribution is -0.176. The second-order valence-electron chi connectivity index (χ2n) is 9.88. The molecular formula is C28H28ClFN4O7S. The molecule has 3 heterocycles. The number of carbonyl (C=O) groups is 1. The van der Waals surface area contributed by atoms with E-state index in [1.165, 1.54) is 36.4 Å². The minimum absolute atomic E-state index is 0.0297. The molecule has 1 aromatic heterocycles. The van der Waals surface area contributed by atoms with Gasteiger partial charge in [-0.2, -0.15) is 8.42 Å². The monoisotopic (exact) mass is 618 g/mol. The number of amides is 1. The predicted molar refractivity (Wildman–Crippen MR) is 149 cm³/mol. The first-order chi connectivity index (χ1) is 20.1. The number of hydrogen-bond acceptors (Lipinski definition) is 10. The van der Waals surface area contributed by atoms with Crippen LogP contribution in [0.15, 0.2) is 58.6 Å². The number of carbonyl (C=O) groups excluding carboxylic acids is 1. The number of nitrogens with one attached hydrogen (secondary N) is 1. The van der Waals surface area contributed by atoms with E-state index >= 15 is 0 Å². The van der Waals surface area contributed by atoms with Gasteiger partial charge in [0, 0.05) is 13.0 Å². The third kappa shape index (κ3) is 7.28. The van der Waals surface area contributed by atoms with E-state index in [2.05, 4.69) is 20.4 Å². The standard InChI is InChI=1S/C28H28ClFN4O7S/c1-16-3-6-20(7-4-16)42(36,37)40-14-19-13-39-27(15-38-19)26-11-24(34-41-26)23-10-25(33-17(2)32-23)28(35)31-12-18-5-8-22(30)21(29)9-18/h3-10,19,26-27H,11-15H2,1-2H3,(H,31,35)/t19-,26?,27+/m0/s1. The molecule has 1 fully saturated rings. The van der Waals surface area contributed by atoms with Gasteiger partial charge in [-0.05, 0) is 49.7 Å². The molecule has 11 nitrogen and oxygen atoms in total. The van der Waals surface area contributed by atoms with E-state index < -0.39 is 40.2 Å². The zero-order chi connectivity index (χ0) is 29.9. The summed E-state index contributed by atoms with van der Waals surface area (Å²) in [4.78, 5) is 27.1. The minimum atomic E-state index is -3.92. The summed E-state index contributed by atoms with van der Waals surface area (Å²) in [6, 6.07) is 12.1. The normalized spacial score (nSPS) is 20.6. The number of oxime groups is 1. The summed E-state index contributed by atoms with van der Waals surface area (Å²) in [5.41, 5.74) is 2.66. The van der Waals surface area contributed by atoms with Gasteiger partial charge in [0.2, 0.25) is 0 Å². The number of aromatic nitrogens is 2. The Labute approximate surface area is 247 Å². The minimum Gasteiger partial charge on any atom is -0.389 e. The molecule has 1 unspecified atom stereocenters. The molecule has 0 spiro atoms. The maximum atomic E-state index is 13.4. The van der Waals surface area contributed by atoms with Crippen LogP contribution in [-0.2, 0) is 35.2 Å². The average Bonchev–Trinajstić information content (AvgIpc) is 3.47. The smallest absolute Gasteiger partial charge is 0.297 e. The predicted octanol–water partition coefficient (Wildman–Crippen LogP) is 3.50. The molecule has 1 N–H and O–H groups in total. The van der Waals surface area contributed by atoms with Crippen LogP contribution in [0, 0.1) is 19.7 Å². The van der Waals surface area contributed by atoms with Gasteiger partial charge in [0.05, 0.1) is 35.4 Å². The molecule has 1 saturated heterocycles. The SMILES string of the molecule is Cc1ccc(S(=O)(=O)OC[C@@H]2CO[C@@H](C3CC(c4cc(C(=O)NCc5ccc(F)c(Cl)c5)nc(C)n4)=NO3)CO2)cc1. The molecule has 42 heavy (non-hydrogen) atoms. The third-order valence-electron chi connectivity index (χ3n) is 6.62. The summed E-state index contributed by atoms with van der Waals surface area (Å²) in [5.74, 6) is -0.613. The topological polar surface area (TPSA) is 138 Å². The summed E-state index contributed by atoms with van der Waals surface area (Å²) in [6.45, 7) is 3.73. The average molecular weight is 619 g/mol. The highest BCUT2D eigenvalue weighted by molar-refractivity contribution is 7.86. The quantitative estimate of drug-likeness (QED) is 0.357. The zero-order valence-electron chi connectivity index (χ0n) is 22.7. The fourth-order valence-corrected chi connectivity index (χ4v) is 5.45. The molecular weight excluding hydrogens is 591 g/mol. The lowest BCUT2D eigenvalue weighted by Gasteiger charge is -2.31. The molecule has 2 aromatic carbocycles. The van der Waals surface area contributed by atoms with E-state index in [4.69, 9.17) is 30.1 Å². The summed E-state index contributed by atoms with van der Waals surface area (Å²) >= 11 is 5.81. The van der Waals surface area contributed by atoms with Crippen molar-refractivity contribution in [3.8, 4) is 0 Å². The number of benzene rings is 2. The molecule has 3 atom stereocenters. The molecule has 222 valence electrons. The van der Waals surface area contributed by atoms with Gasteiger partial charge < -0.3 is 19.6 Å². The Hall–Kier alpha value is -3.49. The van der Waals surface area contributed by atoms with Crippen molar-refractivity contribution in [2.45, 2.75) is 50.0 Å². The van der Waals surface area contributed by atoms with Gasteiger partial charge in [-0.25, -0.2) is 14.4 Å². The summed E-state index contributed by atoms with van der Waals surface area (Å²) in [7, 11) is -3.92. The van der Waals surface area contributed by atoms with Gasteiger partial charge in [-0.15, -0.1) is 0 Å². The van der Waals surface area contributed by atoms with E-state index in [0.717, 1.165) is 5.56 Å². The molecule has 0 bridgehead atoms. The molecule has 2 aliphatic heterocycles. The zero-order valence-corrected chi connectivity index (χ0v) is 24.3. The third-order valence-corrected chi connectivity index (χ3v) is 8.21. The van der Waals surface area contributed by atoms with E-state index in [0.29, 0.717) is 29.2 Å². The van der Waals surface area contributed by atoms with Gasteiger partial charge in [0.25, 0.3) is 16.0 Å². The van der Waals surface area contributed by atoms with Crippen LogP contribution in [0.3, 0.4) is 0 Å². The van der Waals surface area contributed by atoms with Crippen molar-refractivity contribution < 1.29 is 36.1 Å². The van der Waals surface area contributed by atoms with Crippen molar-refractivity contribution in [1.82, 2.24) is 15.3 Å². The Kier molecular flexibility index (Phi) is 9.13. The molecule has 0 aliphatic carbocycles. The molecule has 5 rings (SSSR count). The second-order valence-corrected chi connectivity index (χ2v) is 11.9. The number of hydrogen-bond donors (Lipinski definition) is 1. The van der Waals surface area contributed by atoms with E-state index in [1.807, 2.05) is 6.92 Å². The molecule has 3 aromatic rings. The maximum absolute atomic E-state index is 13.4. The first-order valence-electron chi connectivity index (χ1n) is 13.1. The molecule has 2 aliphatic rings. The summed E-state index contributed by atoms with van der Waals surface area (Å²) in [6.07, 6.45) is -1.14. The van der Waals surface area contributed by atoms with Gasteiger partial charge in [-0.1, -0.05) is 40.5 Å². The molecule has 0 radical (unpaired) electrons. The Morgan fingerprint density at radius 2 is 1.86 bits per heavy atom. The second kappa shape index (κ2) is 12.8. The van der Waals surface area contributed by atoms with Crippen LogP contribution in [0.2, 0.25) is 5.02 Å². The highest BCUT2D eigenvalue weighted by atomic mass is 35.5. The van der Waals surface area contributed by atoms with Crippen LogP contribution < -0.4 is 5.32 Å². The molecule has 14 heteroatoms. The largest absolute Gasteiger partial charge is 0.389 e. The highest BCUT2D eigenvalue weighted by Crippen LogP contribution is 2.24. The van der Waals surface area contributed by atoms with E-state index in [-0.39, 0.29) is 42.0 Å². The summed E-state index contributed by atoms with van der Waals surface area (Å²) < 4.78 is 55.1. The number of halogens is 2. The number of nitrogens with zero attached hydrogens (tertiary/aromatic N) is 3. The first-order valence-corrected chi connectivity index (χ1v) is 14.9. The Morgan fingerprint density at radius 3 is 2.57 bits per heavy atom. The number of aryl methyl sites for hydroxylation is 2. The van der Waals surface area contributed by atoms with Crippen molar-refractivity contribution in [3.05, 3.63) is 87.7 Å². The van der Waals surface area contributed by atoms with Crippen molar-refractivity contribution in [2.24, 2.45) is 5.16 Å². The van der Waals surface area contributed by atoms with Crippen molar-refractivity contribution in [2.75, 3.05) is 19.8 Å². The lowest BCUT2D eigenvalue weighted by Crippen LogP contribution is -2.44. The fraction of sp³-hybridized carbons (Fsp3) is 0.357. The Bertz CT molecular complexity index is 1600. The van der Waals surface area contributed by atoms with Crippen LogP contribution in [0.25, 0.3) is 0 Å². The first kappa shape index (κ1) is 30.0. The Balaban J connectivity index is 1.12. The Morgan fingerprint density at radius 1 is 1.07 bits per heavy atom. The van der Waals surface area contributed by atoms with Gasteiger partial charge in [0.15, 0.2) is 6.10 Å². The summed E-state index contributed by atoms with van der Waals surface area (Å²) in [5, 5.41) is 6.85. The fourth-order valence-electron chi connectivity index (χ4n) is 4.31. The maximum Gasteiger partial charge on any atom is 0.297 e. The number of ether oxygens (including phenoxy) is 2. The molecule has 0 saturated carbocycles. The number of rotatable bonds is 9. The highest BCUT2D eigenvalue weighted by Gasteiger charge is 2.36. The van der Waals surface area contributed by atoms with Crippen LogP contribution in [0.5, 0.6) is 0 Å². The van der Waals surface area contributed by atoms with Gasteiger partial charge >= 0.3 is 0 Å². The molecule has 1 amide bonds. The van der Waals surface area contributed by atoms with Gasteiger partial charge in [-0.3, -0.25) is 8.98 Å². The lowest BCUT2D eigenvalue weighted by atomic mass is 10.0. The van der Waals surface area contributed by atoms with Crippen LogP contribution in [0.4, 0.5) is 4.39 Å². The van der Waals surface area contributed by atoms with Crippen LogP contribution >= 0.6 is 11.6 Å². The van der Waals surface area contributed by atoms with E-state index in [9.17, 15) is 17.6 Å². The van der Waals surface area contributed by atoms with Crippen molar-refractivity contribution >= 4 is 33.3 Å². The van der Waals surface area contributed by atoms with Crippen molar-refractivity contribution in [1.29, 1.82) is 0 Å². The van der Waals surface area contributed by atoms with Crippen LogP contribution in [0.1, 0.15) is 39.6 Å². The van der Waals surface area contributed by atoms with Crippen LogP contribution in [-0.4, -0.2) is 68.1 Å². The van der Waals surface area contributed by atoms with E-state index in [1.54, 1.807) is 19.1 Å².